The zero-order valence-electron chi connectivity index (χ0n) is 9.49. The van der Waals surface area contributed by atoms with Crippen LogP contribution in [-0.2, 0) is 6.42 Å². The van der Waals surface area contributed by atoms with E-state index in [2.05, 4.69) is 6.07 Å². The van der Waals surface area contributed by atoms with Crippen molar-refractivity contribution in [1.82, 2.24) is 0 Å². The van der Waals surface area contributed by atoms with Gasteiger partial charge in [0.1, 0.15) is 0 Å². The van der Waals surface area contributed by atoms with Crippen molar-refractivity contribution in [2.24, 2.45) is 5.41 Å². The van der Waals surface area contributed by atoms with Crippen LogP contribution < -0.4 is 0 Å². The van der Waals surface area contributed by atoms with Crippen molar-refractivity contribution in [3.8, 4) is 6.07 Å². The average molecular weight is 203 g/mol. The maximum Gasteiger partial charge on any atom is 0.0840 e. The highest BCUT2D eigenvalue weighted by molar-refractivity contribution is 5.19. The van der Waals surface area contributed by atoms with E-state index in [-0.39, 0.29) is 0 Å². The molecule has 2 nitrogen and oxygen atoms in total. The van der Waals surface area contributed by atoms with E-state index in [0.717, 1.165) is 5.56 Å². The smallest absolute Gasteiger partial charge is 0.0840 e. The Morgan fingerprint density at radius 2 is 1.73 bits per heavy atom. The maximum absolute atomic E-state index is 10.3. The lowest BCUT2D eigenvalue weighted by molar-refractivity contribution is -0.0207. The Morgan fingerprint density at radius 1 is 1.20 bits per heavy atom. The molecule has 0 bridgehead atoms. The van der Waals surface area contributed by atoms with Crippen LogP contribution in [0.15, 0.2) is 30.3 Å². The van der Waals surface area contributed by atoms with E-state index in [4.69, 9.17) is 5.26 Å². The summed E-state index contributed by atoms with van der Waals surface area (Å²) in [4.78, 5) is 0. The number of nitriles is 1. The molecule has 1 unspecified atom stereocenters. The van der Waals surface area contributed by atoms with Gasteiger partial charge in [0, 0.05) is 6.42 Å². The van der Waals surface area contributed by atoms with Crippen LogP contribution in [0.2, 0.25) is 0 Å². The number of benzene rings is 1. The van der Waals surface area contributed by atoms with E-state index < -0.39 is 11.0 Å². The number of rotatable bonds is 3. The van der Waals surface area contributed by atoms with Crippen LogP contribution in [0.4, 0.5) is 0 Å². The maximum atomic E-state index is 10.3. The lowest BCUT2D eigenvalue weighted by atomic mass is 9.74. The second-order valence-electron chi connectivity index (χ2n) is 4.67. The quantitative estimate of drug-likeness (QED) is 0.820. The van der Waals surface area contributed by atoms with E-state index >= 15 is 0 Å². The molecule has 0 spiro atoms. The van der Waals surface area contributed by atoms with E-state index in [0.29, 0.717) is 6.42 Å². The van der Waals surface area contributed by atoms with Crippen molar-refractivity contribution < 1.29 is 5.11 Å². The van der Waals surface area contributed by atoms with Gasteiger partial charge in [-0.3, -0.25) is 0 Å². The fourth-order valence-electron chi connectivity index (χ4n) is 1.33. The molecule has 1 N–H and O–H groups in total. The summed E-state index contributed by atoms with van der Waals surface area (Å²) >= 11 is 0. The van der Waals surface area contributed by atoms with Gasteiger partial charge in [0.15, 0.2) is 0 Å². The predicted molar refractivity (Wildman–Crippen MR) is 60.2 cm³/mol. The second-order valence-corrected chi connectivity index (χ2v) is 4.67. The summed E-state index contributed by atoms with van der Waals surface area (Å²) in [5.41, 5.74) is -0.711. The minimum Gasteiger partial charge on any atom is -0.388 e. The van der Waals surface area contributed by atoms with Gasteiger partial charge in [-0.2, -0.15) is 5.26 Å². The summed E-state index contributed by atoms with van der Waals surface area (Å²) in [6, 6.07) is 11.9. The first kappa shape index (κ1) is 11.7. The normalized spacial score (nSPS) is 15.4. The predicted octanol–water partition coefficient (Wildman–Crippen LogP) is 2.53. The molecule has 80 valence electrons. The van der Waals surface area contributed by atoms with Crippen molar-refractivity contribution in [3.05, 3.63) is 35.9 Å². The first-order valence-corrected chi connectivity index (χ1v) is 5.07. The summed E-state index contributed by atoms with van der Waals surface area (Å²) < 4.78 is 0. The molecule has 0 amide bonds. The van der Waals surface area contributed by atoms with Gasteiger partial charge < -0.3 is 5.11 Å². The molecule has 0 saturated heterocycles. The Hall–Kier alpha value is -1.33. The SMILES string of the molecule is CC(C)(C#N)C(C)(O)Cc1ccccc1. The molecule has 1 aromatic rings. The summed E-state index contributed by atoms with van der Waals surface area (Å²) in [5.74, 6) is 0. The average Bonchev–Trinajstić information content (AvgIpc) is 2.18. The monoisotopic (exact) mass is 203 g/mol. The lowest BCUT2D eigenvalue weighted by Gasteiger charge is -2.34. The van der Waals surface area contributed by atoms with Crippen LogP contribution >= 0.6 is 0 Å². The Kier molecular flexibility index (Phi) is 3.16. The Labute approximate surface area is 91.2 Å². The Morgan fingerprint density at radius 3 is 2.20 bits per heavy atom. The molecule has 0 aliphatic heterocycles. The number of hydrogen-bond donors (Lipinski definition) is 1. The topological polar surface area (TPSA) is 44.0 Å². The third kappa shape index (κ3) is 2.57. The van der Waals surface area contributed by atoms with Gasteiger partial charge in [-0.1, -0.05) is 30.3 Å². The van der Waals surface area contributed by atoms with Crippen molar-refractivity contribution in [3.63, 3.8) is 0 Å². The molecule has 1 atom stereocenters. The highest BCUT2D eigenvalue weighted by atomic mass is 16.3. The first-order valence-electron chi connectivity index (χ1n) is 5.07. The van der Waals surface area contributed by atoms with E-state index in [9.17, 15) is 5.11 Å². The summed E-state index contributed by atoms with van der Waals surface area (Å²) in [6.45, 7) is 5.23. The van der Waals surface area contributed by atoms with E-state index in [1.807, 2.05) is 30.3 Å². The third-order valence-electron chi connectivity index (χ3n) is 3.02. The largest absolute Gasteiger partial charge is 0.388 e. The molecule has 0 saturated carbocycles. The highest BCUT2D eigenvalue weighted by Crippen LogP contribution is 2.32. The van der Waals surface area contributed by atoms with Crippen molar-refractivity contribution >= 4 is 0 Å². The number of hydrogen-bond acceptors (Lipinski definition) is 2. The van der Waals surface area contributed by atoms with Gasteiger partial charge in [-0.05, 0) is 26.3 Å². The molecule has 1 aromatic carbocycles. The van der Waals surface area contributed by atoms with Gasteiger partial charge >= 0.3 is 0 Å². The van der Waals surface area contributed by atoms with E-state index in [1.54, 1.807) is 20.8 Å². The minimum atomic E-state index is -1.01. The lowest BCUT2D eigenvalue weighted by Crippen LogP contribution is -2.42. The number of aliphatic hydroxyl groups is 1. The summed E-state index contributed by atoms with van der Waals surface area (Å²) in [6.07, 6.45) is 0.494. The fourth-order valence-corrected chi connectivity index (χ4v) is 1.33. The number of nitrogens with zero attached hydrogens (tertiary/aromatic N) is 1. The molecule has 15 heavy (non-hydrogen) atoms. The first-order chi connectivity index (χ1) is 6.89. The molecule has 2 heteroatoms. The summed E-state index contributed by atoms with van der Waals surface area (Å²) in [5, 5.41) is 19.3. The van der Waals surface area contributed by atoms with Crippen molar-refractivity contribution in [1.29, 1.82) is 5.26 Å². The molecule has 0 aromatic heterocycles. The van der Waals surface area contributed by atoms with Crippen LogP contribution in [0.25, 0.3) is 0 Å². The molecule has 0 fully saturated rings. The second kappa shape index (κ2) is 4.04. The van der Waals surface area contributed by atoms with Gasteiger partial charge in [0.05, 0.1) is 17.1 Å². The molecular formula is C13H17NO. The molecule has 0 heterocycles. The molecule has 0 aliphatic carbocycles. The van der Waals surface area contributed by atoms with Crippen molar-refractivity contribution in [2.45, 2.75) is 32.8 Å². The molecular weight excluding hydrogens is 186 g/mol. The van der Waals surface area contributed by atoms with Gasteiger partial charge in [0.2, 0.25) is 0 Å². The van der Waals surface area contributed by atoms with Gasteiger partial charge in [-0.25, -0.2) is 0 Å². The summed E-state index contributed by atoms with van der Waals surface area (Å²) in [7, 11) is 0. The molecule has 0 radical (unpaired) electrons. The highest BCUT2D eigenvalue weighted by Gasteiger charge is 2.39. The van der Waals surface area contributed by atoms with Crippen LogP contribution in [0, 0.1) is 16.7 Å². The zero-order chi connectivity index (χ0) is 11.5. The minimum absolute atomic E-state index is 0.494. The van der Waals surface area contributed by atoms with Gasteiger partial charge in [-0.15, -0.1) is 0 Å². The van der Waals surface area contributed by atoms with Crippen LogP contribution in [0.1, 0.15) is 26.3 Å². The Balaban J connectivity index is 2.87. The fraction of sp³-hybridized carbons (Fsp3) is 0.462. The van der Waals surface area contributed by atoms with E-state index in [1.165, 1.54) is 0 Å². The molecule has 0 aliphatic rings. The third-order valence-corrected chi connectivity index (χ3v) is 3.02. The van der Waals surface area contributed by atoms with Crippen LogP contribution in [0.3, 0.4) is 0 Å². The van der Waals surface area contributed by atoms with Crippen LogP contribution in [-0.4, -0.2) is 10.7 Å². The van der Waals surface area contributed by atoms with Gasteiger partial charge in [0.25, 0.3) is 0 Å². The van der Waals surface area contributed by atoms with Crippen molar-refractivity contribution in [2.75, 3.05) is 0 Å². The van der Waals surface area contributed by atoms with Crippen LogP contribution in [0.5, 0.6) is 0 Å². The zero-order valence-corrected chi connectivity index (χ0v) is 9.49. The standard InChI is InChI=1S/C13H17NO/c1-12(2,10-14)13(3,15)9-11-7-5-4-6-8-11/h4-8,15H,9H2,1-3H3. The molecule has 1 rings (SSSR count). The Bertz CT molecular complexity index is 360.